The van der Waals surface area contributed by atoms with E-state index in [0.717, 1.165) is 32.3 Å². The van der Waals surface area contributed by atoms with Gasteiger partial charge in [-0.15, -0.1) is 16.4 Å². The molecule has 7 heteroatoms. The van der Waals surface area contributed by atoms with Crippen molar-refractivity contribution >= 4 is 23.0 Å². The second-order valence-corrected chi connectivity index (χ2v) is 7.05. The molecule has 0 bridgehead atoms. The first kappa shape index (κ1) is 18.7. The smallest absolute Gasteiger partial charge is 0.211 e. The van der Waals surface area contributed by atoms with Crippen LogP contribution in [0.1, 0.15) is 23.1 Å². The number of aromatic nitrogens is 1. The first-order valence-corrected chi connectivity index (χ1v) is 9.16. The molecule has 0 saturated carbocycles. The molecule has 138 valence electrons. The van der Waals surface area contributed by atoms with E-state index in [9.17, 15) is 4.39 Å². The van der Waals surface area contributed by atoms with Crippen molar-refractivity contribution in [3.63, 3.8) is 0 Å². The highest BCUT2D eigenvalue weighted by Gasteiger charge is 2.12. The Bertz CT molecular complexity index is 984. The van der Waals surface area contributed by atoms with Crippen molar-refractivity contribution in [3.8, 4) is 21.7 Å². The van der Waals surface area contributed by atoms with Crippen molar-refractivity contribution < 1.29 is 4.39 Å². The zero-order valence-electron chi connectivity index (χ0n) is 15.1. The first-order valence-electron chi connectivity index (χ1n) is 8.34. The lowest BCUT2D eigenvalue weighted by molar-refractivity contribution is 0.485. The molecule has 4 N–H and O–H groups in total. The van der Waals surface area contributed by atoms with E-state index in [0.29, 0.717) is 11.3 Å². The summed E-state index contributed by atoms with van der Waals surface area (Å²) in [6, 6.07) is 15.6. The molecule has 0 fully saturated rings. The number of halogens is 1. The molecule has 27 heavy (non-hydrogen) atoms. The Kier molecular flexibility index (Phi) is 5.61. The number of guanidine groups is 1. The van der Waals surface area contributed by atoms with Crippen LogP contribution in [0.4, 0.5) is 4.39 Å². The van der Waals surface area contributed by atoms with Crippen molar-refractivity contribution in [3.05, 3.63) is 64.7 Å². The second-order valence-electron chi connectivity index (χ2n) is 6.05. The molecule has 2 aromatic carbocycles. The molecule has 1 aromatic heterocycles. The van der Waals surface area contributed by atoms with Crippen LogP contribution in [-0.2, 0) is 6.67 Å². The summed E-state index contributed by atoms with van der Waals surface area (Å²) in [5.74, 6) is -0.0770. The molecule has 0 aliphatic carbocycles. The van der Waals surface area contributed by atoms with Gasteiger partial charge in [0.05, 0.1) is 16.3 Å². The lowest BCUT2D eigenvalue weighted by Gasteiger charge is -2.04. The van der Waals surface area contributed by atoms with E-state index >= 15 is 0 Å². The van der Waals surface area contributed by atoms with Crippen LogP contribution >= 0.6 is 11.3 Å². The Morgan fingerprint density at radius 2 is 1.52 bits per heavy atom. The van der Waals surface area contributed by atoms with E-state index in [-0.39, 0.29) is 5.96 Å². The number of alkyl halides is 1. The summed E-state index contributed by atoms with van der Waals surface area (Å²) in [6.07, 6.45) is 0. The van der Waals surface area contributed by atoms with Gasteiger partial charge in [-0.1, -0.05) is 48.5 Å². The van der Waals surface area contributed by atoms with Crippen LogP contribution in [0.25, 0.3) is 21.7 Å². The van der Waals surface area contributed by atoms with Gasteiger partial charge >= 0.3 is 0 Å². The van der Waals surface area contributed by atoms with Gasteiger partial charge < -0.3 is 11.5 Å². The molecule has 0 aliphatic heterocycles. The maximum Gasteiger partial charge on any atom is 0.211 e. The minimum Gasteiger partial charge on any atom is -0.369 e. The van der Waals surface area contributed by atoms with Crippen molar-refractivity contribution in [2.45, 2.75) is 20.5 Å². The number of nitrogens with two attached hydrogens (primary N) is 2. The normalized spacial score (nSPS) is 11.4. The van der Waals surface area contributed by atoms with Gasteiger partial charge in [0.2, 0.25) is 5.96 Å². The van der Waals surface area contributed by atoms with Crippen LogP contribution in [0.5, 0.6) is 0 Å². The fourth-order valence-corrected chi connectivity index (χ4v) is 3.64. The van der Waals surface area contributed by atoms with Crippen molar-refractivity contribution in [1.29, 1.82) is 0 Å². The van der Waals surface area contributed by atoms with E-state index in [2.05, 4.69) is 15.2 Å². The highest BCUT2D eigenvalue weighted by Crippen LogP contribution is 2.30. The molecule has 3 aromatic rings. The predicted molar refractivity (Wildman–Crippen MR) is 111 cm³/mol. The number of thiazole rings is 1. The molecule has 3 rings (SSSR count). The molecule has 0 aliphatic rings. The quantitative estimate of drug-likeness (QED) is 0.393. The third kappa shape index (κ3) is 4.38. The zero-order chi connectivity index (χ0) is 19.4. The lowest BCUT2D eigenvalue weighted by Crippen LogP contribution is -2.22. The number of hydrogen-bond acceptors (Lipinski definition) is 4. The molecule has 1 heterocycles. The van der Waals surface area contributed by atoms with Crippen molar-refractivity contribution in [1.82, 2.24) is 4.98 Å². The number of hydrogen-bond donors (Lipinski definition) is 2. The first-order chi connectivity index (χ1) is 13.0. The summed E-state index contributed by atoms with van der Waals surface area (Å²) in [4.78, 5) is 5.58. The van der Waals surface area contributed by atoms with Crippen LogP contribution < -0.4 is 11.5 Å². The van der Waals surface area contributed by atoms with Gasteiger partial charge in [0.1, 0.15) is 11.7 Å². The Hall–Kier alpha value is -3.06. The third-order valence-corrected chi connectivity index (χ3v) is 5.33. The molecule has 0 unspecified atom stereocenters. The summed E-state index contributed by atoms with van der Waals surface area (Å²) >= 11 is 1.54. The van der Waals surface area contributed by atoms with Crippen LogP contribution in [0, 0.1) is 6.92 Å². The molecule has 0 atom stereocenters. The van der Waals surface area contributed by atoms with E-state index in [1.807, 2.05) is 50.2 Å². The van der Waals surface area contributed by atoms with Gasteiger partial charge in [-0.05, 0) is 30.5 Å². The molecule has 0 saturated heterocycles. The van der Waals surface area contributed by atoms with E-state index in [1.165, 1.54) is 0 Å². The van der Waals surface area contributed by atoms with Crippen molar-refractivity contribution in [2.75, 3.05) is 0 Å². The number of aryl methyl sites for hydroxylation is 1. The van der Waals surface area contributed by atoms with Crippen LogP contribution in [0.2, 0.25) is 0 Å². The van der Waals surface area contributed by atoms with Crippen LogP contribution in [0.3, 0.4) is 0 Å². The zero-order valence-corrected chi connectivity index (χ0v) is 15.9. The summed E-state index contributed by atoms with van der Waals surface area (Å²) in [5, 5.41) is 8.63. The Morgan fingerprint density at radius 3 is 2.07 bits per heavy atom. The molecule has 0 radical (unpaired) electrons. The largest absolute Gasteiger partial charge is 0.369 e. The molecular weight excluding hydrogens is 361 g/mol. The fourth-order valence-electron chi connectivity index (χ4n) is 2.63. The average Bonchev–Trinajstić information content (AvgIpc) is 3.08. The highest BCUT2D eigenvalue weighted by atomic mass is 32.1. The van der Waals surface area contributed by atoms with Crippen LogP contribution in [-0.4, -0.2) is 16.7 Å². The summed E-state index contributed by atoms with van der Waals surface area (Å²) in [5.41, 5.74) is 16.1. The maximum absolute atomic E-state index is 12.6. The van der Waals surface area contributed by atoms with E-state index < -0.39 is 6.67 Å². The third-order valence-electron chi connectivity index (χ3n) is 4.01. The summed E-state index contributed by atoms with van der Waals surface area (Å²) in [6.45, 7) is 3.34. The van der Waals surface area contributed by atoms with Gasteiger partial charge in [0.15, 0.2) is 0 Å². The number of nitrogens with zero attached hydrogens (tertiary/aromatic N) is 3. The summed E-state index contributed by atoms with van der Waals surface area (Å²) < 4.78 is 12.6. The number of benzene rings is 2. The minimum atomic E-state index is -0.448. The SMILES string of the molecule is C/C(=N/N=C(N)N)c1sc(-c2ccc(-c3ccc(CF)cc3)cc2)nc1C. The van der Waals surface area contributed by atoms with Gasteiger partial charge in [-0.2, -0.15) is 5.10 Å². The van der Waals surface area contributed by atoms with E-state index in [4.69, 9.17) is 11.5 Å². The second kappa shape index (κ2) is 8.09. The average molecular weight is 381 g/mol. The molecule has 0 spiro atoms. The standard InChI is InChI=1S/C20H20FN5S/c1-12-18(13(2)25-26-20(22)23)27-19(24-12)17-9-7-16(8-10-17)15-5-3-14(11-21)4-6-15/h3-10H,11H2,1-2H3,(H4,22,23,26)/b25-13-. The van der Waals surface area contributed by atoms with Crippen molar-refractivity contribution in [2.24, 2.45) is 21.7 Å². The van der Waals surface area contributed by atoms with Gasteiger partial charge in [0, 0.05) is 5.56 Å². The van der Waals surface area contributed by atoms with Gasteiger partial charge in [-0.25, -0.2) is 9.37 Å². The molecule has 0 amide bonds. The van der Waals surface area contributed by atoms with Gasteiger partial charge in [-0.3, -0.25) is 0 Å². The monoisotopic (exact) mass is 381 g/mol. The molecular formula is C20H20FN5S. The number of rotatable bonds is 5. The minimum absolute atomic E-state index is 0.0770. The molecule has 5 nitrogen and oxygen atoms in total. The topological polar surface area (TPSA) is 89.6 Å². The Balaban J connectivity index is 1.86. The predicted octanol–water partition coefficient (Wildman–Crippen LogP) is 4.25. The Morgan fingerprint density at radius 1 is 0.963 bits per heavy atom. The maximum atomic E-state index is 12.6. The summed E-state index contributed by atoms with van der Waals surface area (Å²) in [7, 11) is 0. The van der Waals surface area contributed by atoms with E-state index in [1.54, 1.807) is 23.5 Å². The fraction of sp³-hybridized carbons (Fsp3) is 0.150. The Labute approximate surface area is 161 Å². The van der Waals surface area contributed by atoms with Gasteiger partial charge in [0.25, 0.3) is 0 Å². The van der Waals surface area contributed by atoms with Crippen LogP contribution in [0.15, 0.2) is 58.7 Å². The lowest BCUT2D eigenvalue weighted by atomic mass is 10.0. The highest BCUT2D eigenvalue weighted by molar-refractivity contribution is 7.17.